The van der Waals surface area contributed by atoms with E-state index < -0.39 is 96.0 Å². The van der Waals surface area contributed by atoms with Crippen LogP contribution in [-0.2, 0) is 37.4 Å². The van der Waals surface area contributed by atoms with E-state index >= 15 is 0 Å². The fraction of sp³-hybridized carbons (Fsp3) is 0.719. The highest BCUT2D eigenvalue weighted by Crippen LogP contribution is 2.67. The Balaban J connectivity index is 0.000000182. The molecule has 2 aromatic rings. The zero-order valence-electron chi connectivity index (χ0n) is 29.2. The summed E-state index contributed by atoms with van der Waals surface area (Å²) in [4.78, 5) is 46.8. The lowest BCUT2D eigenvalue weighted by Gasteiger charge is -2.71. The standard InChI is InChI=1S/C22H34O7.C10H12N5O6P/c1-8-19(5)11-14(25)22(27)20(6)13(24)9-10-18(3,4)16(20)15(26)17(28-12(2)23)21(22,7)29-19;11-8-5-9(13-2-12-8)15(3-14-5)10-6(16)7-4(20-10)1-19-22(17,18)21-7/h8,13,15-17,24,26-27H,1,9-11H2,2-7H3;2-4,6-7,10,16H,1H2,(H,17,18)(H2,11,12,13)/t13-,15-,16-,17-,19-,20-,21+,22-;4-,6-,7-,10-/m01/s1. The Morgan fingerprint density at radius 1 is 1.16 bits per heavy atom. The minimum Gasteiger partial charge on any atom is -0.457 e. The zero-order valence-corrected chi connectivity index (χ0v) is 30.1. The van der Waals surface area contributed by atoms with Crippen LogP contribution in [0.2, 0.25) is 0 Å². The quantitative estimate of drug-likeness (QED) is 0.144. The number of carbonyl (C=O) groups is 2. The van der Waals surface area contributed by atoms with Crippen molar-refractivity contribution in [3.63, 3.8) is 0 Å². The summed E-state index contributed by atoms with van der Waals surface area (Å²) < 4.78 is 39.9. The SMILES string of the molecule is C=C[C@@]1(C)CC(=O)[C@]2(O)[C@@]3(C)[C@@H](O)CCC(C)(C)[C@@H]3[C@H](O)[C@H](OC(C)=O)[C@@]2(C)O1.Nc1ncnc2c1ncn2[C@@H]1O[C@@H]2COP(=O)(O)O[C@H]2[C@H]1O. The molecule has 282 valence electrons. The Hall–Kier alpha value is -2.90. The van der Waals surface area contributed by atoms with Gasteiger partial charge < -0.3 is 45.3 Å². The number of aliphatic hydroxyl groups excluding tert-OH is 3. The molecule has 0 aromatic carbocycles. The van der Waals surface area contributed by atoms with Gasteiger partial charge in [-0.3, -0.25) is 23.2 Å². The van der Waals surface area contributed by atoms with Crippen LogP contribution in [0.25, 0.3) is 11.2 Å². The van der Waals surface area contributed by atoms with E-state index in [0.29, 0.717) is 24.0 Å². The molecule has 0 radical (unpaired) electrons. The third-order valence-corrected chi connectivity index (χ3v) is 12.6. The molecule has 51 heavy (non-hydrogen) atoms. The van der Waals surface area contributed by atoms with E-state index in [1.807, 2.05) is 13.8 Å². The number of fused-ring (bicyclic) bond motifs is 5. The van der Waals surface area contributed by atoms with E-state index in [1.54, 1.807) is 13.8 Å². The Labute approximate surface area is 293 Å². The van der Waals surface area contributed by atoms with Crippen LogP contribution >= 0.6 is 7.82 Å². The number of aliphatic hydroxyl groups is 4. The molecule has 0 amide bonds. The highest BCUT2D eigenvalue weighted by molar-refractivity contribution is 7.47. The fourth-order valence-electron chi connectivity index (χ4n) is 9.28. The molecular weight excluding hydrogens is 693 g/mol. The van der Waals surface area contributed by atoms with Crippen LogP contribution in [0, 0.1) is 16.7 Å². The van der Waals surface area contributed by atoms with Gasteiger partial charge in [0.1, 0.15) is 35.8 Å². The maximum Gasteiger partial charge on any atom is 0.472 e. The van der Waals surface area contributed by atoms with Gasteiger partial charge in [-0.2, -0.15) is 0 Å². The number of rotatable bonds is 3. The number of ether oxygens (including phenoxy) is 3. The number of esters is 1. The van der Waals surface area contributed by atoms with Crippen molar-refractivity contribution in [1.82, 2.24) is 19.5 Å². The summed E-state index contributed by atoms with van der Waals surface area (Å²) in [5.74, 6) is -1.67. The van der Waals surface area contributed by atoms with Crippen LogP contribution < -0.4 is 5.73 Å². The molecule has 2 saturated carbocycles. The number of imidazole rings is 1. The van der Waals surface area contributed by atoms with E-state index in [-0.39, 0.29) is 18.8 Å². The summed E-state index contributed by atoms with van der Waals surface area (Å²) in [6.07, 6.45) is -2.36. The second-order valence-corrected chi connectivity index (χ2v) is 16.7. The van der Waals surface area contributed by atoms with Gasteiger partial charge in [-0.1, -0.05) is 26.8 Å². The number of phosphoric ester groups is 1. The summed E-state index contributed by atoms with van der Waals surface area (Å²) >= 11 is 0. The monoisotopic (exact) mass is 739 g/mol. The molecule has 13 atom stereocenters. The average molecular weight is 740 g/mol. The molecule has 5 aliphatic rings. The molecule has 0 spiro atoms. The van der Waals surface area contributed by atoms with Gasteiger partial charge in [0.05, 0.1) is 30.7 Å². The highest BCUT2D eigenvalue weighted by Gasteiger charge is 2.81. The summed E-state index contributed by atoms with van der Waals surface area (Å²) in [7, 11) is -4.16. The van der Waals surface area contributed by atoms with Crippen molar-refractivity contribution in [3.8, 4) is 0 Å². The number of hydrogen-bond donors (Lipinski definition) is 6. The van der Waals surface area contributed by atoms with Crippen molar-refractivity contribution < 1.29 is 62.7 Å². The summed E-state index contributed by atoms with van der Waals surface area (Å²) in [6.45, 7) is 13.5. The highest BCUT2D eigenvalue weighted by atomic mass is 31.2. The lowest BCUT2D eigenvalue weighted by atomic mass is 9.40. The molecule has 7 N–H and O–H groups in total. The maximum atomic E-state index is 13.6. The molecule has 0 bridgehead atoms. The summed E-state index contributed by atoms with van der Waals surface area (Å²) in [6, 6.07) is 0. The molecule has 5 fully saturated rings. The van der Waals surface area contributed by atoms with Crippen molar-refractivity contribution in [2.45, 2.75) is 120 Å². The van der Waals surface area contributed by atoms with Gasteiger partial charge in [0.15, 0.2) is 35.2 Å². The van der Waals surface area contributed by atoms with Gasteiger partial charge in [-0.05, 0) is 32.1 Å². The van der Waals surface area contributed by atoms with E-state index in [0.717, 1.165) is 0 Å². The largest absolute Gasteiger partial charge is 0.472 e. The average Bonchev–Trinajstić information content (AvgIpc) is 3.61. The van der Waals surface area contributed by atoms with E-state index in [4.69, 9.17) is 24.5 Å². The molecule has 5 heterocycles. The van der Waals surface area contributed by atoms with Gasteiger partial charge in [-0.15, -0.1) is 6.58 Å². The number of phosphoric acid groups is 1. The molecule has 19 heteroatoms. The third-order valence-electron chi connectivity index (χ3n) is 11.6. The Bertz CT molecular complexity index is 1790. The predicted molar refractivity (Wildman–Crippen MR) is 175 cm³/mol. The van der Waals surface area contributed by atoms with Crippen molar-refractivity contribution >= 4 is 36.6 Å². The Morgan fingerprint density at radius 3 is 2.49 bits per heavy atom. The molecule has 18 nitrogen and oxygen atoms in total. The number of carbonyl (C=O) groups excluding carboxylic acids is 2. The first kappa shape index (κ1) is 37.8. The van der Waals surface area contributed by atoms with E-state index in [9.17, 15) is 39.5 Å². The molecule has 1 unspecified atom stereocenters. The number of ketones is 1. The number of nitrogens with two attached hydrogens (primary N) is 1. The van der Waals surface area contributed by atoms with Gasteiger partial charge in [0, 0.05) is 24.7 Å². The smallest absolute Gasteiger partial charge is 0.457 e. The molecule has 2 aromatic heterocycles. The molecule has 7 rings (SSSR count). The number of hydrogen-bond acceptors (Lipinski definition) is 16. The molecule has 2 aliphatic carbocycles. The molecule has 3 aliphatic heterocycles. The van der Waals surface area contributed by atoms with Gasteiger partial charge in [0.2, 0.25) is 0 Å². The minimum absolute atomic E-state index is 0.138. The van der Waals surface area contributed by atoms with Crippen LogP contribution in [-0.4, -0.2) is 117 Å². The summed E-state index contributed by atoms with van der Waals surface area (Å²) in [5.41, 5.74) is -0.542. The van der Waals surface area contributed by atoms with Crippen molar-refractivity contribution in [1.29, 1.82) is 0 Å². The van der Waals surface area contributed by atoms with Crippen LogP contribution in [0.4, 0.5) is 5.82 Å². The number of nitrogen functional groups attached to an aromatic ring is 1. The topological polar surface area (TPSA) is 268 Å². The van der Waals surface area contributed by atoms with Gasteiger partial charge in [0.25, 0.3) is 0 Å². The van der Waals surface area contributed by atoms with Crippen molar-refractivity contribution in [2.75, 3.05) is 12.3 Å². The maximum absolute atomic E-state index is 13.6. The zero-order chi connectivity index (χ0) is 37.7. The van der Waals surface area contributed by atoms with Crippen molar-refractivity contribution in [2.24, 2.45) is 16.7 Å². The van der Waals surface area contributed by atoms with Crippen LogP contribution in [0.3, 0.4) is 0 Å². The molecule has 3 saturated heterocycles. The molecular formula is C32H46N5O13P. The van der Waals surface area contributed by atoms with Gasteiger partial charge in [-0.25, -0.2) is 19.5 Å². The first-order valence-electron chi connectivity index (χ1n) is 16.6. The lowest BCUT2D eigenvalue weighted by molar-refractivity contribution is -0.370. The number of anilines is 1. The second kappa shape index (κ2) is 12.3. The number of Topliss-reactive ketones (excluding diaryl/α,β-unsaturated/α-hetero) is 1. The summed E-state index contributed by atoms with van der Waals surface area (Å²) in [5, 5.41) is 45.1. The normalized spacial score (nSPS) is 45.8. The van der Waals surface area contributed by atoms with Gasteiger partial charge >= 0.3 is 13.8 Å². The van der Waals surface area contributed by atoms with Crippen LogP contribution in [0.1, 0.15) is 67.0 Å². The number of aromatic nitrogens is 4. The number of nitrogens with zero attached hydrogens (tertiary/aromatic N) is 4. The predicted octanol–water partition coefficient (Wildman–Crippen LogP) is 0.703. The van der Waals surface area contributed by atoms with Crippen LogP contribution in [0.5, 0.6) is 0 Å². The minimum atomic E-state index is -4.16. The van der Waals surface area contributed by atoms with Crippen molar-refractivity contribution in [3.05, 3.63) is 25.3 Å². The lowest BCUT2D eigenvalue weighted by Crippen LogP contribution is -2.86. The van der Waals surface area contributed by atoms with E-state index in [1.165, 1.54) is 37.1 Å². The Kier molecular flexibility index (Phi) is 9.15. The van der Waals surface area contributed by atoms with Crippen LogP contribution in [0.15, 0.2) is 25.3 Å². The second-order valence-electron chi connectivity index (χ2n) is 15.3. The van der Waals surface area contributed by atoms with E-state index in [2.05, 4.69) is 26.1 Å². The first-order valence-corrected chi connectivity index (χ1v) is 18.1. The fourth-order valence-corrected chi connectivity index (χ4v) is 10.2. The first-order chi connectivity index (χ1) is 23.6. The third kappa shape index (κ3) is 5.57. The Morgan fingerprint density at radius 2 is 1.84 bits per heavy atom.